The summed E-state index contributed by atoms with van der Waals surface area (Å²) in [5.41, 5.74) is 17.3. The molecule has 0 fully saturated rings. The minimum atomic E-state index is -0.771. The van der Waals surface area contributed by atoms with Gasteiger partial charge in [-0.3, -0.25) is 0 Å². The Kier molecular flexibility index (Phi) is 8.92. The van der Waals surface area contributed by atoms with Crippen molar-refractivity contribution >= 4 is 99.9 Å². The fourth-order valence-corrected chi connectivity index (χ4v) is 12.6. The van der Waals surface area contributed by atoms with Gasteiger partial charge in [-0.25, -0.2) is 0 Å². The van der Waals surface area contributed by atoms with E-state index in [0.717, 1.165) is 39.4 Å². The molecular weight excluding hydrogens is 893 g/mol. The molecule has 338 valence electrons. The lowest BCUT2D eigenvalue weighted by molar-refractivity contribution is 0.902. The standard InChI is InChI=1S/C67H44N4S/c72-67(44-18-4-1-5-19-44,45-32-36-49(37-33-45)70-57-28-14-10-24-51(57)53-40-42-61-63(65(53)70)55-26-12-16-30-59(55)68(61)47-20-6-2-7-21-47)46-34-38-50(39-35-46)71-58-29-15-11-25-52(58)54-41-43-62-64(66(54)71)56-27-13-17-31-60(56)69(62)48-22-8-3-9-23-48/h1-43,72H. The first kappa shape index (κ1) is 40.8. The zero-order chi connectivity index (χ0) is 47.5. The number of hydrogen-bond donors (Lipinski definition) is 1. The first-order valence-electron chi connectivity index (χ1n) is 24.7. The molecule has 4 aromatic heterocycles. The van der Waals surface area contributed by atoms with Gasteiger partial charge in [0.1, 0.15) is 0 Å². The van der Waals surface area contributed by atoms with Crippen LogP contribution in [0.3, 0.4) is 0 Å². The van der Waals surface area contributed by atoms with Gasteiger partial charge in [0.2, 0.25) is 0 Å². The van der Waals surface area contributed by atoms with E-state index in [1.165, 1.54) is 87.2 Å². The van der Waals surface area contributed by atoms with E-state index in [-0.39, 0.29) is 0 Å². The monoisotopic (exact) mass is 936 g/mol. The van der Waals surface area contributed by atoms with Crippen LogP contribution in [-0.4, -0.2) is 18.3 Å². The normalized spacial score (nSPS) is 12.2. The van der Waals surface area contributed by atoms with Crippen LogP contribution in [-0.2, 0) is 4.75 Å². The third-order valence-electron chi connectivity index (χ3n) is 15.2. The molecule has 0 aliphatic heterocycles. The highest BCUT2D eigenvalue weighted by atomic mass is 32.1. The Morgan fingerprint density at radius 3 is 0.931 bits per heavy atom. The second-order valence-electron chi connectivity index (χ2n) is 19.0. The summed E-state index contributed by atoms with van der Waals surface area (Å²) in [5, 5.41) is 9.87. The van der Waals surface area contributed by atoms with Crippen LogP contribution < -0.4 is 0 Å². The molecule has 0 saturated carbocycles. The molecule has 0 saturated heterocycles. The zero-order valence-electron chi connectivity index (χ0n) is 39.1. The summed E-state index contributed by atoms with van der Waals surface area (Å²) in [4.78, 5) is 0. The summed E-state index contributed by atoms with van der Waals surface area (Å²) in [6, 6.07) is 94.9. The molecule has 0 radical (unpaired) electrons. The molecule has 4 heterocycles. The molecule has 0 N–H and O–H groups in total. The van der Waals surface area contributed by atoms with Crippen LogP contribution >= 0.6 is 12.6 Å². The Morgan fingerprint density at radius 1 is 0.222 bits per heavy atom. The molecule has 0 amide bonds. The topological polar surface area (TPSA) is 19.7 Å². The summed E-state index contributed by atoms with van der Waals surface area (Å²) in [6.45, 7) is 0. The predicted molar refractivity (Wildman–Crippen MR) is 306 cm³/mol. The second-order valence-corrected chi connectivity index (χ2v) is 19.6. The number of rotatable bonds is 7. The van der Waals surface area contributed by atoms with Crippen molar-refractivity contribution in [3.8, 4) is 22.7 Å². The Bertz CT molecular complexity index is 4320. The number of hydrogen-bond acceptors (Lipinski definition) is 1. The Labute approximate surface area is 420 Å². The molecule has 15 aromatic rings. The summed E-state index contributed by atoms with van der Waals surface area (Å²) in [5.74, 6) is 0. The molecule has 0 spiro atoms. The van der Waals surface area contributed by atoms with Gasteiger partial charge in [-0.1, -0.05) is 176 Å². The van der Waals surface area contributed by atoms with Crippen molar-refractivity contribution in [2.45, 2.75) is 4.75 Å². The van der Waals surface area contributed by atoms with E-state index in [9.17, 15) is 0 Å². The molecule has 4 nitrogen and oxygen atoms in total. The van der Waals surface area contributed by atoms with Crippen molar-refractivity contribution in [1.82, 2.24) is 18.3 Å². The fraction of sp³-hybridized carbons (Fsp3) is 0.0149. The maximum absolute atomic E-state index is 5.78. The number of benzene rings is 11. The van der Waals surface area contributed by atoms with Gasteiger partial charge in [0.25, 0.3) is 0 Å². The van der Waals surface area contributed by atoms with E-state index in [0.29, 0.717) is 0 Å². The molecule has 0 atom stereocenters. The summed E-state index contributed by atoms with van der Waals surface area (Å²) in [6.07, 6.45) is 0. The van der Waals surface area contributed by atoms with Crippen LogP contribution in [0.25, 0.3) is 110 Å². The maximum atomic E-state index is 5.78. The molecule has 72 heavy (non-hydrogen) atoms. The van der Waals surface area contributed by atoms with Gasteiger partial charge < -0.3 is 18.3 Å². The van der Waals surface area contributed by atoms with Gasteiger partial charge in [-0.05, 0) is 102 Å². The van der Waals surface area contributed by atoms with E-state index in [2.05, 4.69) is 279 Å². The number of para-hydroxylation sites is 6. The van der Waals surface area contributed by atoms with Crippen molar-refractivity contribution in [3.63, 3.8) is 0 Å². The number of fused-ring (bicyclic) bond motifs is 14. The van der Waals surface area contributed by atoms with Crippen LogP contribution in [0.1, 0.15) is 16.7 Å². The molecule has 0 unspecified atom stereocenters. The molecule has 0 aliphatic rings. The van der Waals surface area contributed by atoms with E-state index in [1.807, 2.05) is 0 Å². The van der Waals surface area contributed by atoms with Crippen LogP contribution in [0.5, 0.6) is 0 Å². The highest BCUT2D eigenvalue weighted by Crippen LogP contribution is 2.47. The lowest BCUT2D eigenvalue weighted by atomic mass is 9.84. The van der Waals surface area contributed by atoms with Gasteiger partial charge in [-0.2, -0.15) is 12.6 Å². The summed E-state index contributed by atoms with van der Waals surface area (Å²) in [7, 11) is 0. The number of thiol groups is 1. The minimum Gasteiger partial charge on any atom is -0.309 e. The zero-order valence-corrected chi connectivity index (χ0v) is 40.0. The lowest BCUT2D eigenvalue weighted by Gasteiger charge is -2.31. The van der Waals surface area contributed by atoms with Gasteiger partial charge in [-0.15, -0.1) is 0 Å². The van der Waals surface area contributed by atoms with Crippen LogP contribution in [0, 0.1) is 0 Å². The van der Waals surface area contributed by atoms with Gasteiger partial charge in [0.05, 0.1) is 48.9 Å². The van der Waals surface area contributed by atoms with Crippen molar-refractivity contribution in [2.75, 3.05) is 0 Å². The first-order valence-corrected chi connectivity index (χ1v) is 25.1. The predicted octanol–water partition coefficient (Wildman–Crippen LogP) is 17.3. The van der Waals surface area contributed by atoms with Crippen molar-refractivity contribution in [2.24, 2.45) is 0 Å². The van der Waals surface area contributed by atoms with Gasteiger partial charge in [0.15, 0.2) is 0 Å². The van der Waals surface area contributed by atoms with Gasteiger partial charge >= 0.3 is 0 Å². The van der Waals surface area contributed by atoms with Crippen molar-refractivity contribution < 1.29 is 0 Å². The molecule has 11 aromatic carbocycles. The quantitative estimate of drug-likeness (QED) is 0.121. The van der Waals surface area contributed by atoms with Crippen molar-refractivity contribution in [3.05, 3.63) is 278 Å². The van der Waals surface area contributed by atoms with Crippen LogP contribution in [0.15, 0.2) is 261 Å². The number of aromatic nitrogens is 4. The summed E-state index contributed by atoms with van der Waals surface area (Å²) < 4.78 is 8.97. The molecule has 15 rings (SSSR count). The van der Waals surface area contributed by atoms with E-state index < -0.39 is 4.75 Å². The highest BCUT2D eigenvalue weighted by Gasteiger charge is 2.33. The molecule has 5 heteroatoms. The highest BCUT2D eigenvalue weighted by molar-refractivity contribution is 7.81. The molecule has 0 bridgehead atoms. The van der Waals surface area contributed by atoms with Crippen LogP contribution in [0.2, 0.25) is 0 Å². The Balaban J connectivity index is 0.906. The average Bonchev–Trinajstić information content (AvgIpc) is 4.19. The largest absolute Gasteiger partial charge is 0.309 e. The Hall–Kier alpha value is -9.03. The third-order valence-corrected chi connectivity index (χ3v) is 16.0. The lowest BCUT2D eigenvalue weighted by Crippen LogP contribution is -2.22. The van der Waals surface area contributed by atoms with Gasteiger partial charge in [0, 0.05) is 65.8 Å². The third kappa shape index (κ3) is 5.77. The Morgan fingerprint density at radius 2 is 0.528 bits per heavy atom. The minimum absolute atomic E-state index is 0.771. The van der Waals surface area contributed by atoms with E-state index in [1.54, 1.807) is 0 Å². The number of nitrogens with zero attached hydrogens (tertiary/aromatic N) is 4. The summed E-state index contributed by atoms with van der Waals surface area (Å²) >= 11 is 5.78. The fourth-order valence-electron chi connectivity index (χ4n) is 12.1. The molecular formula is C67H44N4S. The van der Waals surface area contributed by atoms with Crippen LogP contribution in [0.4, 0.5) is 0 Å². The average molecular weight is 937 g/mol. The first-order chi connectivity index (χ1) is 35.6. The SMILES string of the molecule is SC(c1ccccc1)(c1ccc(-n2c3ccccc3c3ccc4c(c5ccccc5n4-c4ccccc4)c32)cc1)c1ccc(-n2c3ccccc3c3ccc4c(c5ccccc5n4-c4ccccc4)c32)cc1. The van der Waals surface area contributed by atoms with Crippen molar-refractivity contribution in [1.29, 1.82) is 0 Å². The second kappa shape index (κ2) is 15.7. The molecule has 0 aliphatic carbocycles. The smallest absolute Gasteiger partial charge is 0.0878 e. The van der Waals surface area contributed by atoms with E-state index >= 15 is 0 Å². The maximum Gasteiger partial charge on any atom is 0.0878 e. The van der Waals surface area contributed by atoms with E-state index in [4.69, 9.17) is 12.6 Å².